The molecule has 2 aromatic rings. The highest BCUT2D eigenvalue weighted by molar-refractivity contribution is 5.94. The lowest BCUT2D eigenvalue weighted by atomic mass is 9.88. The molecule has 3 atom stereocenters. The molecule has 0 saturated carbocycles. The van der Waals surface area contributed by atoms with E-state index in [1.165, 1.54) is 12.1 Å². The van der Waals surface area contributed by atoms with Gasteiger partial charge in [-0.1, -0.05) is 6.07 Å². The van der Waals surface area contributed by atoms with Crippen LogP contribution in [-0.2, 0) is 16.1 Å². The van der Waals surface area contributed by atoms with Gasteiger partial charge < -0.3 is 19.2 Å². The van der Waals surface area contributed by atoms with Crippen molar-refractivity contribution in [2.24, 2.45) is 5.92 Å². The Kier molecular flexibility index (Phi) is 7.75. The SMILES string of the molecule is CO[C@@H]1CCN(C(=O)c2cccc(F)c2)[C@@H]2CN(Cc3ccco3)C[C@@H]21.O=C(O)C(F)(F)F. The van der Waals surface area contributed by atoms with Gasteiger partial charge in [0.05, 0.1) is 25.0 Å². The van der Waals surface area contributed by atoms with Gasteiger partial charge >= 0.3 is 12.1 Å². The molecular formula is C22H24F4N2O5. The van der Waals surface area contributed by atoms with Crippen LogP contribution < -0.4 is 0 Å². The van der Waals surface area contributed by atoms with Crippen LogP contribution in [0.5, 0.6) is 0 Å². The van der Waals surface area contributed by atoms with Gasteiger partial charge in [0.1, 0.15) is 11.6 Å². The lowest BCUT2D eigenvalue weighted by Crippen LogP contribution is -2.53. The summed E-state index contributed by atoms with van der Waals surface area (Å²) >= 11 is 0. The van der Waals surface area contributed by atoms with Crippen LogP contribution in [-0.4, -0.2) is 71.8 Å². The van der Waals surface area contributed by atoms with Gasteiger partial charge in [0.15, 0.2) is 0 Å². The van der Waals surface area contributed by atoms with E-state index < -0.39 is 12.1 Å². The number of carboxylic acid groups (broad SMARTS) is 1. The average molecular weight is 472 g/mol. The number of hydrogen-bond donors (Lipinski definition) is 1. The number of piperidine rings is 1. The Hall–Kier alpha value is -2.92. The molecule has 4 rings (SSSR count). The van der Waals surface area contributed by atoms with Crippen LogP contribution in [0.2, 0.25) is 0 Å². The molecule has 1 N–H and O–H groups in total. The second-order valence-electron chi connectivity index (χ2n) is 7.88. The van der Waals surface area contributed by atoms with Gasteiger partial charge in [-0.25, -0.2) is 9.18 Å². The molecule has 7 nitrogen and oxygen atoms in total. The number of amides is 1. The Labute approximate surface area is 187 Å². The number of aliphatic carboxylic acids is 1. The number of halogens is 4. The highest BCUT2D eigenvalue weighted by atomic mass is 19.4. The number of benzene rings is 1. The number of alkyl halides is 3. The number of carbonyl (C=O) groups excluding carboxylic acids is 1. The summed E-state index contributed by atoms with van der Waals surface area (Å²) in [7, 11) is 1.74. The van der Waals surface area contributed by atoms with E-state index >= 15 is 0 Å². The maximum atomic E-state index is 13.5. The van der Waals surface area contributed by atoms with E-state index in [1.54, 1.807) is 25.5 Å². The minimum Gasteiger partial charge on any atom is -0.475 e. The molecule has 0 unspecified atom stereocenters. The minimum atomic E-state index is -5.08. The number of hydrogen-bond acceptors (Lipinski definition) is 5. The fourth-order valence-corrected chi connectivity index (χ4v) is 4.32. The number of nitrogens with zero attached hydrogens (tertiary/aromatic N) is 2. The highest BCUT2D eigenvalue weighted by Crippen LogP contribution is 2.34. The van der Waals surface area contributed by atoms with E-state index in [0.717, 1.165) is 31.8 Å². The smallest absolute Gasteiger partial charge is 0.475 e. The standard InChI is InChI=1S/C20H23FN2O3.C2HF3O2/c1-25-19-7-8-23(20(24)14-4-2-5-15(21)10-14)18-13-22(12-17(18)19)11-16-6-3-9-26-16;3-2(4,5)1(6)7/h2-6,9-10,17-19H,7-8,11-13H2,1H3;(H,6,7)/t17-,18+,19+;/m0./s1. The van der Waals surface area contributed by atoms with E-state index in [0.29, 0.717) is 12.1 Å². The number of rotatable bonds is 4. The van der Waals surface area contributed by atoms with Crippen molar-refractivity contribution in [2.45, 2.75) is 31.3 Å². The second kappa shape index (κ2) is 10.3. The molecule has 2 aliphatic rings. The average Bonchev–Trinajstić information content (AvgIpc) is 3.42. The molecule has 0 aliphatic carbocycles. The van der Waals surface area contributed by atoms with Gasteiger partial charge in [-0.05, 0) is 36.8 Å². The Morgan fingerprint density at radius 2 is 1.94 bits per heavy atom. The number of likely N-dealkylation sites (tertiary alicyclic amines) is 2. The van der Waals surface area contributed by atoms with E-state index in [2.05, 4.69) is 4.90 Å². The Morgan fingerprint density at radius 1 is 1.21 bits per heavy atom. The molecule has 11 heteroatoms. The number of furan rings is 1. The molecule has 0 bridgehead atoms. The number of ether oxygens (including phenoxy) is 1. The third-order valence-corrected chi connectivity index (χ3v) is 5.78. The predicted octanol–water partition coefficient (Wildman–Crippen LogP) is 3.41. The summed E-state index contributed by atoms with van der Waals surface area (Å²) in [6.07, 6.45) is -2.47. The molecule has 2 saturated heterocycles. The van der Waals surface area contributed by atoms with Crippen LogP contribution in [0.4, 0.5) is 17.6 Å². The number of fused-ring (bicyclic) bond motifs is 1. The first kappa shape index (κ1) is 24.7. The molecule has 33 heavy (non-hydrogen) atoms. The lowest BCUT2D eigenvalue weighted by Gasteiger charge is -2.41. The summed E-state index contributed by atoms with van der Waals surface area (Å²) in [6.45, 7) is 2.98. The van der Waals surface area contributed by atoms with E-state index in [1.807, 2.05) is 17.0 Å². The van der Waals surface area contributed by atoms with E-state index in [9.17, 15) is 22.4 Å². The summed E-state index contributed by atoms with van der Waals surface area (Å²) in [5.41, 5.74) is 0.407. The van der Waals surface area contributed by atoms with Crippen LogP contribution in [0.3, 0.4) is 0 Å². The molecule has 180 valence electrons. The van der Waals surface area contributed by atoms with Crippen molar-refractivity contribution < 1.29 is 41.4 Å². The zero-order valence-corrected chi connectivity index (χ0v) is 17.8. The van der Waals surface area contributed by atoms with Gasteiger partial charge in [-0.3, -0.25) is 9.69 Å². The van der Waals surface area contributed by atoms with Gasteiger partial charge in [-0.15, -0.1) is 0 Å². The number of carboxylic acids is 1. The quantitative estimate of drug-likeness (QED) is 0.687. The molecule has 1 amide bonds. The molecule has 2 fully saturated rings. The first-order valence-electron chi connectivity index (χ1n) is 10.2. The minimum absolute atomic E-state index is 0.0689. The number of methoxy groups -OCH3 is 1. The van der Waals surface area contributed by atoms with Gasteiger partial charge in [-0.2, -0.15) is 13.2 Å². The Bertz CT molecular complexity index is 951. The summed E-state index contributed by atoms with van der Waals surface area (Å²) in [5, 5.41) is 7.12. The lowest BCUT2D eigenvalue weighted by molar-refractivity contribution is -0.192. The normalized spacial score (nSPS) is 22.9. The zero-order valence-electron chi connectivity index (χ0n) is 17.8. The molecular weight excluding hydrogens is 448 g/mol. The van der Waals surface area contributed by atoms with Gasteiger partial charge in [0.2, 0.25) is 0 Å². The maximum Gasteiger partial charge on any atom is 0.490 e. The third-order valence-electron chi connectivity index (χ3n) is 5.78. The maximum absolute atomic E-state index is 13.5. The monoisotopic (exact) mass is 472 g/mol. The fourth-order valence-electron chi connectivity index (χ4n) is 4.32. The van der Waals surface area contributed by atoms with E-state index in [-0.39, 0.29) is 29.8 Å². The van der Waals surface area contributed by atoms with Crippen molar-refractivity contribution in [2.75, 3.05) is 26.7 Å². The molecule has 3 heterocycles. The molecule has 1 aromatic carbocycles. The predicted molar refractivity (Wildman–Crippen MR) is 108 cm³/mol. The Morgan fingerprint density at radius 3 is 2.52 bits per heavy atom. The third kappa shape index (κ3) is 6.11. The van der Waals surface area contributed by atoms with Gasteiger partial charge in [0, 0.05) is 38.2 Å². The second-order valence-corrected chi connectivity index (χ2v) is 7.88. The highest BCUT2D eigenvalue weighted by Gasteiger charge is 2.46. The van der Waals surface area contributed by atoms with Gasteiger partial charge in [0.25, 0.3) is 5.91 Å². The van der Waals surface area contributed by atoms with Crippen molar-refractivity contribution in [3.8, 4) is 0 Å². The Balaban J connectivity index is 0.000000383. The molecule has 0 spiro atoms. The molecule has 2 aliphatic heterocycles. The van der Waals surface area contributed by atoms with Crippen LogP contribution in [0.25, 0.3) is 0 Å². The topological polar surface area (TPSA) is 83.2 Å². The van der Waals surface area contributed by atoms with Crippen LogP contribution >= 0.6 is 0 Å². The van der Waals surface area contributed by atoms with E-state index in [4.69, 9.17) is 19.1 Å². The van der Waals surface area contributed by atoms with Crippen LogP contribution in [0, 0.1) is 11.7 Å². The van der Waals surface area contributed by atoms with Crippen molar-refractivity contribution in [1.29, 1.82) is 0 Å². The zero-order chi connectivity index (χ0) is 24.2. The summed E-state index contributed by atoms with van der Waals surface area (Å²) < 4.78 is 56.4. The summed E-state index contributed by atoms with van der Waals surface area (Å²) in [5.74, 6) is -2.08. The summed E-state index contributed by atoms with van der Waals surface area (Å²) in [4.78, 5) is 26.1. The number of carbonyl (C=O) groups is 2. The van der Waals surface area contributed by atoms with Crippen molar-refractivity contribution >= 4 is 11.9 Å². The first-order chi connectivity index (χ1) is 15.6. The van der Waals surface area contributed by atoms with Crippen molar-refractivity contribution in [3.63, 3.8) is 0 Å². The largest absolute Gasteiger partial charge is 0.490 e. The van der Waals surface area contributed by atoms with Crippen LogP contribution in [0.1, 0.15) is 22.5 Å². The fraction of sp³-hybridized carbons (Fsp3) is 0.455. The molecule has 0 radical (unpaired) electrons. The van der Waals surface area contributed by atoms with Crippen LogP contribution in [0.15, 0.2) is 47.1 Å². The molecule has 1 aromatic heterocycles. The van der Waals surface area contributed by atoms with Crippen molar-refractivity contribution in [1.82, 2.24) is 9.80 Å². The summed E-state index contributed by atoms with van der Waals surface area (Å²) in [6, 6.07) is 9.85. The van der Waals surface area contributed by atoms with Crippen molar-refractivity contribution in [3.05, 3.63) is 59.8 Å². The first-order valence-corrected chi connectivity index (χ1v) is 10.2.